The summed E-state index contributed by atoms with van der Waals surface area (Å²) < 4.78 is 138. The lowest BCUT2D eigenvalue weighted by atomic mass is 9.80. The Labute approximate surface area is 410 Å². The van der Waals surface area contributed by atoms with Crippen LogP contribution in [0.25, 0.3) is 33.2 Å². The molecule has 0 aliphatic rings. The molecule has 70 heavy (non-hydrogen) atoms. The van der Waals surface area contributed by atoms with Gasteiger partial charge in [-0.2, -0.15) is 0 Å². The minimum absolute atomic E-state index is 0. The van der Waals surface area contributed by atoms with E-state index in [4.69, 9.17) is 10.0 Å². The molecule has 0 spiro atoms. The van der Waals surface area contributed by atoms with Crippen molar-refractivity contribution >= 4 is 93.6 Å². The molecule has 0 saturated heterocycles. The summed E-state index contributed by atoms with van der Waals surface area (Å²) in [4.78, 5) is 39.7. The number of rotatable bonds is 14. The number of benzene rings is 4. The van der Waals surface area contributed by atoms with Gasteiger partial charge in [-0.05, 0) is 77.3 Å². The third-order valence-electron chi connectivity index (χ3n) is 10.00. The fourth-order valence-corrected chi connectivity index (χ4v) is 9.40. The maximum atomic E-state index is 15.1. The zero-order chi connectivity index (χ0) is 51.1. The van der Waals surface area contributed by atoms with E-state index in [1.807, 2.05) is 4.72 Å². The average molecular weight is 1080 g/mol. The maximum absolute atomic E-state index is 15.1. The summed E-state index contributed by atoms with van der Waals surface area (Å²) in [6.45, 7) is 3.29. The molecule has 4 aromatic carbocycles. The van der Waals surface area contributed by atoms with Crippen molar-refractivity contribution in [1.29, 1.82) is 0 Å². The van der Waals surface area contributed by atoms with Crippen LogP contribution in [0.1, 0.15) is 64.2 Å². The van der Waals surface area contributed by atoms with Crippen molar-refractivity contribution in [2.45, 2.75) is 26.7 Å². The summed E-state index contributed by atoms with van der Waals surface area (Å²) in [5.41, 5.74) is -1.68. The van der Waals surface area contributed by atoms with Gasteiger partial charge in [0, 0.05) is 73.5 Å². The molecular formula is C46H46BBrF6N6O8S2. The van der Waals surface area contributed by atoms with Gasteiger partial charge in [-0.15, -0.1) is 0 Å². The standard InChI is InChI=1S/C23H18F3N3O3S.C17H14BrF2N3O3S.C6H6BFO2.4H2/c1-2-9-33(31,32)29-19-8-7-18(25)20(21(19)26)22(30)16-12-28-23-15(16)10-13(11-27-23)14-5-3-4-6-17(14)24;1-2-5-27(25,26)23-13-4-3-12(19)14(15(13)20)16(24)11-8-22-17-10(11)6-9(18)7-21-17;8-6-4-2-1-3-5(6)7(9)10;;;;/h3-8,10-12,29H,2,9H2,1H3,(H,27,28);3-4,6-8,23H,2,5H2,1H3,(H,21,22);1-4,9-10H;4*1H. The first-order chi connectivity index (χ1) is 33.2. The number of nitrogens with zero attached hydrogens (tertiary/aromatic N) is 2. The SMILES string of the molecule is CCCS(=O)(=O)Nc1ccc(F)c(C(=O)c2c[nH]c3ncc(-c4ccccc4F)cc23)c1F.CCCS(=O)(=O)Nc1ccc(F)c(C(=O)c2c[nH]c3ncc(Br)cc23)c1F.OB(O)c1ccccc1F.[HH].[HH].[HH].[HH]. The highest BCUT2D eigenvalue weighted by atomic mass is 79.9. The van der Waals surface area contributed by atoms with E-state index < -0.39 is 96.1 Å². The van der Waals surface area contributed by atoms with Gasteiger partial charge in [0.05, 0.1) is 34.0 Å². The smallest absolute Gasteiger partial charge is 0.423 e. The molecule has 24 heteroatoms. The molecule has 0 radical (unpaired) electrons. The molecule has 372 valence electrons. The number of anilines is 2. The van der Waals surface area contributed by atoms with Gasteiger partial charge in [0.1, 0.15) is 34.6 Å². The molecule has 0 aliphatic carbocycles. The molecule has 0 bridgehead atoms. The van der Waals surface area contributed by atoms with Crippen molar-refractivity contribution in [3.63, 3.8) is 0 Å². The minimum atomic E-state index is -3.87. The zero-order valence-corrected chi connectivity index (χ0v) is 39.7. The third kappa shape index (κ3) is 12.1. The first-order valence-electron chi connectivity index (χ1n) is 20.7. The van der Waals surface area contributed by atoms with Crippen LogP contribution in [0.5, 0.6) is 0 Å². The Morgan fingerprint density at radius 1 is 0.643 bits per heavy atom. The molecule has 4 aromatic heterocycles. The van der Waals surface area contributed by atoms with Crippen LogP contribution in [0.3, 0.4) is 0 Å². The normalized spacial score (nSPS) is 11.4. The Morgan fingerprint density at radius 2 is 1.10 bits per heavy atom. The summed E-state index contributed by atoms with van der Waals surface area (Å²) >= 11 is 3.23. The van der Waals surface area contributed by atoms with Crippen LogP contribution in [0, 0.1) is 34.9 Å². The number of sulfonamides is 2. The molecule has 0 unspecified atom stereocenters. The van der Waals surface area contributed by atoms with Gasteiger partial charge in [0.25, 0.3) is 0 Å². The molecule has 0 atom stereocenters. The number of carbonyl (C=O) groups excluding carboxylic acids is 2. The number of hydrogen-bond acceptors (Lipinski definition) is 10. The van der Waals surface area contributed by atoms with E-state index in [2.05, 4.69) is 40.6 Å². The highest BCUT2D eigenvalue weighted by Crippen LogP contribution is 2.32. The van der Waals surface area contributed by atoms with Crippen LogP contribution in [-0.4, -0.2) is 77.0 Å². The first kappa shape index (κ1) is 52.5. The van der Waals surface area contributed by atoms with Crippen LogP contribution < -0.4 is 14.9 Å². The fourth-order valence-electron chi connectivity index (χ4n) is 6.81. The van der Waals surface area contributed by atoms with E-state index in [0.29, 0.717) is 27.5 Å². The minimum Gasteiger partial charge on any atom is -0.423 e. The molecule has 0 amide bonds. The second-order valence-electron chi connectivity index (χ2n) is 15.0. The number of aromatic amines is 2. The lowest BCUT2D eigenvalue weighted by molar-refractivity contribution is 0.102. The predicted molar refractivity (Wildman–Crippen MR) is 265 cm³/mol. The summed E-state index contributed by atoms with van der Waals surface area (Å²) in [6.07, 6.45) is 6.09. The third-order valence-corrected chi connectivity index (χ3v) is 13.4. The molecule has 0 fully saturated rings. The van der Waals surface area contributed by atoms with Crippen LogP contribution in [0.15, 0.2) is 114 Å². The van der Waals surface area contributed by atoms with Gasteiger partial charge < -0.3 is 20.0 Å². The highest BCUT2D eigenvalue weighted by Gasteiger charge is 2.28. The number of halogens is 7. The van der Waals surface area contributed by atoms with E-state index in [0.717, 1.165) is 24.3 Å². The van der Waals surface area contributed by atoms with E-state index in [1.165, 1.54) is 73.3 Å². The van der Waals surface area contributed by atoms with E-state index in [1.54, 1.807) is 26.0 Å². The van der Waals surface area contributed by atoms with Crippen LogP contribution in [0.2, 0.25) is 0 Å². The number of hydrogen-bond donors (Lipinski definition) is 6. The summed E-state index contributed by atoms with van der Waals surface area (Å²) in [5.74, 6) is -8.35. The zero-order valence-electron chi connectivity index (χ0n) is 36.5. The van der Waals surface area contributed by atoms with E-state index >= 15 is 4.39 Å². The molecule has 8 aromatic rings. The molecular weight excluding hydrogens is 1030 g/mol. The molecule has 14 nitrogen and oxygen atoms in total. The van der Waals surface area contributed by atoms with Gasteiger partial charge in [0.2, 0.25) is 31.6 Å². The first-order valence-corrected chi connectivity index (χ1v) is 24.8. The Kier molecular flexibility index (Phi) is 16.7. The van der Waals surface area contributed by atoms with Crippen molar-refractivity contribution in [3.05, 3.63) is 171 Å². The monoisotopic (exact) mass is 1080 g/mol. The van der Waals surface area contributed by atoms with Crippen molar-refractivity contribution < 1.29 is 68.5 Å². The quantitative estimate of drug-likeness (QED) is 0.0344. The fraction of sp³-hybridized carbons (Fsp3) is 0.130. The number of carbonyl (C=O) groups is 2. The molecule has 6 N–H and O–H groups in total. The topological polar surface area (TPSA) is 224 Å². The van der Waals surface area contributed by atoms with Crippen LogP contribution in [-0.2, 0) is 20.0 Å². The summed E-state index contributed by atoms with van der Waals surface area (Å²) in [6, 6.07) is 18.1. The van der Waals surface area contributed by atoms with Crippen LogP contribution >= 0.6 is 15.9 Å². The van der Waals surface area contributed by atoms with Gasteiger partial charge in [-0.25, -0.2) is 53.1 Å². The van der Waals surface area contributed by atoms with Crippen LogP contribution in [0.4, 0.5) is 37.7 Å². The van der Waals surface area contributed by atoms with Crippen molar-refractivity contribution in [3.8, 4) is 11.1 Å². The van der Waals surface area contributed by atoms with Gasteiger partial charge >= 0.3 is 7.12 Å². The summed E-state index contributed by atoms with van der Waals surface area (Å²) in [5, 5.41) is 17.7. The second kappa shape index (κ2) is 22.3. The molecule has 4 heterocycles. The number of nitrogens with one attached hydrogen (secondary N) is 4. The van der Waals surface area contributed by atoms with Gasteiger partial charge in [0.15, 0.2) is 11.6 Å². The van der Waals surface area contributed by atoms with Gasteiger partial charge in [-0.3, -0.25) is 19.0 Å². The highest BCUT2D eigenvalue weighted by molar-refractivity contribution is 9.10. The Hall–Kier alpha value is -6.86. The Balaban J connectivity index is 0.000000413. The van der Waals surface area contributed by atoms with Crippen molar-refractivity contribution in [1.82, 2.24) is 19.9 Å². The number of aromatic nitrogens is 4. The molecule has 0 aliphatic heterocycles. The number of pyridine rings is 2. The lowest BCUT2D eigenvalue weighted by Gasteiger charge is -2.11. The Bertz CT molecular complexity index is 3510. The van der Waals surface area contributed by atoms with Crippen molar-refractivity contribution in [2.75, 3.05) is 20.9 Å². The van der Waals surface area contributed by atoms with Crippen molar-refractivity contribution in [2.24, 2.45) is 0 Å². The lowest BCUT2D eigenvalue weighted by Crippen LogP contribution is -2.32. The van der Waals surface area contributed by atoms with E-state index in [-0.39, 0.29) is 56.8 Å². The predicted octanol–water partition coefficient (Wildman–Crippen LogP) is 9.51. The summed E-state index contributed by atoms with van der Waals surface area (Å²) in [7, 11) is -9.39. The van der Waals surface area contributed by atoms with Gasteiger partial charge in [-0.1, -0.05) is 50.2 Å². The average Bonchev–Trinajstić information content (AvgIpc) is 3.93. The maximum Gasteiger partial charge on any atom is 0.491 e. The number of H-pyrrole nitrogens is 2. The number of fused-ring (bicyclic) bond motifs is 2. The number of ketones is 2. The molecule has 8 rings (SSSR count). The second-order valence-corrected chi connectivity index (χ2v) is 19.6. The molecule has 0 saturated carbocycles. The largest absolute Gasteiger partial charge is 0.491 e. The van der Waals surface area contributed by atoms with E-state index in [9.17, 15) is 48.4 Å². The Morgan fingerprint density at radius 3 is 1.56 bits per heavy atom.